The molecule has 0 aliphatic carbocycles. The Morgan fingerprint density at radius 1 is 1.36 bits per heavy atom. The first-order valence-electron chi connectivity index (χ1n) is 11.0. The molecule has 1 aliphatic heterocycles. The van der Waals surface area contributed by atoms with Crippen LogP contribution in [0.25, 0.3) is 11.4 Å². The number of hydrogen-bond donors (Lipinski definition) is 2. The highest BCUT2D eigenvalue weighted by atomic mass is 19.3. The maximum absolute atomic E-state index is 14.7. The third kappa shape index (κ3) is 5.55. The predicted molar refractivity (Wildman–Crippen MR) is 121 cm³/mol. The van der Waals surface area contributed by atoms with E-state index < -0.39 is 30.8 Å². The van der Waals surface area contributed by atoms with Crippen molar-refractivity contribution in [2.45, 2.75) is 38.3 Å². The van der Waals surface area contributed by atoms with Crippen LogP contribution in [-0.4, -0.2) is 67.1 Å². The molecule has 3 aromatic rings. The summed E-state index contributed by atoms with van der Waals surface area (Å²) in [5.41, 5.74) is 0.936. The highest BCUT2D eigenvalue weighted by Crippen LogP contribution is 2.29. The van der Waals surface area contributed by atoms with Gasteiger partial charge < -0.3 is 20.1 Å². The third-order valence-corrected chi connectivity index (χ3v) is 5.52. The van der Waals surface area contributed by atoms with Gasteiger partial charge in [-0.2, -0.15) is 19.1 Å². The van der Waals surface area contributed by atoms with Crippen molar-refractivity contribution >= 4 is 17.4 Å². The topological polar surface area (TPSA) is 129 Å². The Kier molecular flexibility index (Phi) is 7.35. The van der Waals surface area contributed by atoms with Crippen molar-refractivity contribution < 1.29 is 27.8 Å². The minimum atomic E-state index is -2.77. The molecule has 3 heterocycles. The number of benzene rings is 1. The van der Waals surface area contributed by atoms with Crippen LogP contribution in [-0.2, 0) is 4.79 Å². The van der Waals surface area contributed by atoms with E-state index in [9.17, 15) is 28.3 Å². The summed E-state index contributed by atoms with van der Waals surface area (Å²) in [6.07, 6.45) is 0.470. The van der Waals surface area contributed by atoms with Crippen molar-refractivity contribution in [3.63, 3.8) is 0 Å². The largest absolute Gasteiger partial charge is 0.486 e. The lowest BCUT2D eigenvalue weighted by atomic mass is 10.0. The Morgan fingerprint density at radius 3 is 2.83 bits per heavy atom. The second kappa shape index (κ2) is 10.6. The van der Waals surface area contributed by atoms with E-state index in [1.807, 2.05) is 6.07 Å². The standard InChI is InChI=1S/C23H22F3N7O3/c1-13(34)22(35)32-7-5-19(17(24)12-32)36-18-3-2-14(8-15(18)9-27)21-28-6-4-20(31-21)30-16-10-29-33(11-16)23(25)26/h2-4,6,8,10-11,13,17,19,23,34H,5,7,12H2,1H3,(H,28,30,31)/t13-,17+,19-/m0/s1. The van der Waals surface area contributed by atoms with E-state index in [-0.39, 0.29) is 36.6 Å². The Morgan fingerprint density at radius 2 is 2.17 bits per heavy atom. The summed E-state index contributed by atoms with van der Waals surface area (Å²) in [4.78, 5) is 21.7. The molecule has 1 amide bonds. The molecule has 1 fully saturated rings. The molecule has 4 rings (SSSR count). The van der Waals surface area contributed by atoms with Crippen LogP contribution in [0, 0.1) is 11.3 Å². The number of amides is 1. The number of anilines is 2. The average Bonchev–Trinajstić information content (AvgIpc) is 3.34. The summed E-state index contributed by atoms with van der Waals surface area (Å²) < 4.78 is 46.4. The van der Waals surface area contributed by atoms with Gasteiger partial charge in [0.25, 0.3) is 5.91 Å². The zero-order valence-corrected chi connectivity index (χ0v) is 19.1. The molecule has 188 valence electrons. The zero-order chi connectivity index (χ0) is 25.8. The van der Waals surface area contributed by atoms with Crippen LogP contribution < -0.4 is 10.1 Å². The fraction of sp³-hybridized carbons (Fsp3) is 0.348. The van der Waals surface area contributed by atoms with E-state index in [0.29, 0.717) is 21.8 Å². The van der Waals surface area contributed by atoms with E-state index in [1.165, 1.54) is 36.4 Å². The summed E-state index contributed by atoms with van der Waals surface area (Å²) in [5.74, 6) is 0.222. The number of nitrogens with one attached hydrogen (secondary N) is 1. The van der Waals surface area contributed by atoms with Gasteiger partial charge >= 0.3 is 6.55 Å². The first-order valence-corrected chi connectivity index (χ1v) is 11.0. The number of nitriles is 1. The first-order chi connectivity index (χ1) is 17.2. The summed E-state index contributed by atoms with van der Waals surface area (Å²) in [6, 6.07) is 8.20. The van der Waals surface area contributed by atoms with Gasteiger partial charge in [0.1, 0.15) is 29.8 Å². The molecular formula is C23H22F3N7O3. The number of likely N-dealkylation sites (tertiary alicyclic amines) is 1. The number of carbonyl (C=O) groups is 1. The van der Waals surface area contributed by atoms with E-state index in [2.05, 4.69) is 20.4 Å². The van der Waals surface area contributed by atoms with Crippen LogP contribution in [0.3, 0.4) is 0 Å². The summed E-state index contributed by atoms with van der Waals surface area (Å²) in [5, 5.41) is 25.5. The molecule has 1 aromatic carbocycles. The number of halogens is 3. The third-order valence-electron chi connectivity index (χ3n) is 5.52. The number of alkyl halides is 3. The van der Waals surface area contributed by atoms with Crippen LogP contribution >= 0.6 is 0 Å². The number of ether oxygens (including phenoxy) is 1. The molecule has 3 atom stereocenters. The lowest BCUT2D eigenvalue weighted by Gasteiger charge is -2.35. The molecule has 2 aromatic heterocycles. The summed E-state index contributed by atoms with van der Waals surface area (Å²) in [6.45, 7) is -1.43. The van der Waals surface area contributed by atoms with Crippen molar-refractivity contribution in [2.24, 2.45) is 0 Å². The van der Waals surface area contributed by atoms with Gasteiger partial charge in [0.05, 0.1) is 30.2 Å². The minimum Gasteiger partial charge on any atom is -0.486 e. The average molecular weight is 501 g/mol. The highest BCUT2D eigenvalue weighted by Gasteiger charge is 2.34. The lowest BCUT2D eigenvalue weighted by molar-refractivity contribution is -0.143. The number of piperidine rings is 1. The van der Waals surface area contributed by atoms with Gasteiger partial charge in [-0.3, -0.25) is 4.79 Å². The Hall–Kier alpha value is -4.18. The predicted octanol–water partition coefficient (Wildman–Crippen LogP) is 3.05. The molecule has 36 heavy (non-hydrogen) atoms. The van der Waals surface area contributed by atoms with Gasteiger partial charge in [-0.1, -0.05) is 0 Å². The highest BCUT2D eigenvalue weighted by molar-refractivity contribution is 5.80. The maximum Gasteiger partial charge on any atom is 0.333 e. The second-order valence-corrected chi connectivity index (χ2v) is 8.12. The SMILES string of the molecule is C[C@H](O)C(=O)N1CC[C@H](Oc2ccc(-c3nccc(Nc4cnn(C(F)F)c4)n3)cc2C#N)[C@H](F)C1. The number of aliphatic hydroxyl groups is 1. The fourth-order valence-electron chi connectivity index (χ4n) is 3.73. The molecule has 13 heteroatoms. The van der Waals surface area contributed by atoms with Gasteiger partial charge in [0.15, 0.2) is 12.0 Å². The first kappa shape index (κ1) is 24.9. The van der Waals surface area contributed by atoms with Crippen molar-refractivity contribution in [3.8, 4) is 23.2 Å². The van der Waals surface area contributed by atoms with Gasteiger partial charge in [0.2, 0.25) is 0 Å². The van der Waals surface area contributed by atoms with Crippen molar-refractivity contribution in [3.05, 3.63) is 48.4 Å². The molecule has 0 bridgehead atoms. The van der Waals surface area contributed by atoms with Gasteiger partial charge in [-0.15, -0.1) is 0 Å². The number of rotatable bonds is 7. The summed E-state index contributed by atoms with van der Waals surface area (Å²) in [7, 11) is 0. The molecule has 0 unspecified atom stereocenters. The van der Waals surface area contributed by atoms with Crippen molar-refractivity contribution in [1.29, 1.82) is 5.26 Å². The van der Waals surface area contributed by atoms with Crippen LogP contribution in [0.5, 0.6) is 5.75 Å². The van der Waals surface area contributed by atoms with Crippen LogP contribution in [0.1, 0.15) is 25.5 Å². The molecule has 10 nitrogen and oxygen atoms in total. The number of hydrogen-bond acceptors (Lipinski definition) is 8. The van der Waals surface area contributed by atoms with E-state index >= 15 is 0 Å². The second-order valence-electron chi connectivity index (χ2n) is 8.12. The summed E-state index contributed by atoms with van der Waals surface area (Å²) >= 11 is 0. The molecule has 0 saturated carbocycles. The van der Waals surface area contributed by atoms with Crippen LogP contribution in [0.4, 0.5) is 24.7 Å². The number of carbonyl (C=O) groups excluding carboxylic acids is 1. The van der Waals surface area contributed by atoms with Crippen molar-refractivity contribution in [1.82, 2.24) is 24.6 Å². The quantitative estimate of drug-likeness (QED) is 0.506. The molecular weight excluding hydrogens is 479 g/mol. The van der Waals surface area contributed by atoms with E-state index in [1.54, 1.807) is 12.1 Å². The lowest BCUT2D eigenvalue weighted by Crippen LogP contribution is -2.51. The number of aliphatic hydroxyl groups excluding tert-OH is 1. The van der Waals surface area contributed by atoms with Gasteiger partial charge in [0, 0.05) is 24.7 Å². The van der Waals surface area contributed by atoms with Gasteiger partial charge in [-0.05, 0) is 31.2 Å². The normalized spacial score (nSPS) is 18.5. The Labute approximate surface area is 204 Å². The zero-order valence-electron chi connectivity index (χ0n) is 19.1. The molecule has 0 spiro atoms. The van der Waals surface area contributed by atoms with Crippen molar-refractivity contribution in [2.75, 3.05) is 18.4 Å². The van der Waals surface area contributed by atoms with Crippen LogP contribution in [0.2, 0.25) is 0 Å². The van der Waals surface area contributed by atoms with Crippen LogP contribution in [0.15, 0.2) is 42.9 Å². The molecule has 1 aliphatic rings. The number of aromatic nitrogens is 4. The van der Waals surface area contributed by atoms with Gasteiger partial charge in [-0.25, -0.2) is 19.0 Å². The van der Waals surface area contributed by atoms with E-state index in [0.717, 1.165) is 6.20 Å². The Balaban J connectivity index is 1.47. The monoisotopic (exact) mass is 501 g/mol. The molecule has 1 saturated heterocycles. The fourth-order valence-corrected chi connectivity index (χ4v) is 3.73. The molecule has 2 N–H and O–H groups in total. The van der Waals surface area contributed by atoms with E-state index in [4.69, 9.17) is 4.74 Å². The Bertz CT molecular complexity index is 1280. The maximum atomic E-state index is 14.7. The smallest absolute Gasteiger partial charge is 0.333 e. The minimum absolute atomic E-state index is 0.141. The molecule has 0 radical (unpaired) electrons. The number of nitrogens with zero attached hydrogens (tertiary/aromatic N) is 6.